The third kappa shape index (κ3) is 5.95. The summed E-state index contributed by atoms with van der Waals surface area (Å²) in [5.41, 5.74) is 0.0275. The number of fused-ring (bicyclic) bond motifs is 1. The second-order valence-electron chi connectivity index (χ2n) is 11.5. The van der Waals surface area contributed by atoms with E-state index in [0.717, 1.165) is 12.7 Å². The third-order valence-electron chi connectivity index (χ3n) is 5.86. The van der Waals surface area contributed by atoms with E-state index in [1.165, 1.54) is 12.1 Å². The van der Waals surface area contributed by atoms with Gasteiger partial charge in [-0.3, -0.25) is 14.1 Å². The van der Waals surface area contributed by atoms with Crippen LogP contribution < -0.4 is 15.3 Å². The summed E-state index contributed by atoms with van der Waals surface area (Å²) in [5, 5.41) is 14.5. The van der Waals surface area contributed by atoms with E-state index in [1.54, 1.807) is 17.9 Å². The Labute approximate surface area is 213 Å². The van der Waals surface area contributed by atoms with Gasteiger partial charge in [-0.1, -0.05) is 41.5 Å². The number of amidine groups is 1. The SMILES string of the molecule is CCO[P@]1(=O)N=C(C2=C(O)[C@H](C(C)(C)C)N(CCC(C)(C)C)C2=O)Nc2ccc(NS(C)(=O)=O)cc21. The number of aliphatic hydroxyl groups is 1. The van der Waals surface area contributed by atoms with Crippen LogP contribution >= 0.6 is 7.52 Å². The standard InChI is InChI=1S/C24H37N4O6PS/c1-9-34-35(31)17-14-15(27-36(8,32)33)10-11-16(17)25-21(26-35)18-19(29)20(24(5,6)7)28(22(18)30)13-12-23(2,3)4/h10-11,14,20,27,29H,9,12-13H2,1-8H3,(H,25,26,31)/t20-,35+/m1/s1. The first-order valence-electron chi connectivity index (χ1n) is 11.8. The van der Waals surface area contributed by atoms with Crippen molar-refractivity contribution < 1.29 is 27.4 Å². The second-order valence-corrected chi connectivity index (χ2v) is 15.2. The average Bonchev–Trinajstić information content (AvgIpc) is 2.95. The molecule has 0 spiro atoms. The average molecular weight is 541 g/mol. The number of nitrogens with one attached hydrogen (secondary N) is 2. The van der Waals surface area contributed by atoms with Gasteiger partial charge in [0.15, 0.2) is 5.84 Å². The van der Waals surface area contributed by atoms with Crippen LogP contribution in [0, 0.1) is 10.8 Å². The van der Waals surface area contributed by atoms with Crippen molar-refractivity contribution in [3.63, 3.8) is 0 Å². The molecule has 200 valence electrons. The van der Waals surface area contributed by atoms with Crippen LogP contribution in [0.4, 0.5) is 11.4 Å². The molecule has 1 amide bonds. The van der Waals surface area contributed by atoms with E-state index in [-0.39, 0.29) is 40.2 Å². The summed E-state index contributed by atoms with van der Waals surface area (Å²) in [6.45, 7) is 14.3. The Kier molecular flexibility index (Phi) is 7.45. The molecular weight excluding hydrogens is 503 g/mol. The van der Waals surface area contributed by atoms with E-state index in [2.05, 4.69) is 35.6 Å². The highest BCUT2D eigenvalue weighted by Crippen LogP contribution is 2.53. The van der Waals surface area contributed by atoms with Crippen molar-refractivity contribution in [2.24, 2.45) is 15.6 Å². The smallest absolute Gasteiger partial charge is 0.348 e. The molecule has 0 radical (unpaired) electrons. The van der Waals surface area contributed by atoms with Gasteiger partial charge in [0.1, 0.15) is 11.3 Å². The van der Waals surface area contributed by atoms with Gasteiger partial charge in [-0.05, 0) is 42.4 Å². The quantitative estimate of drug-likeness (QED) is 0.440. The summed E-state index contributed by atoms with van der Waals surface area (Å²) < 4.78 is 49.5. The molecule has 10 nitrogen and oxygen atoms in total. The molecule has 3 N–H and O–H groups in total. The number of hydrogen-bond acceptors (Lipinski definition) is 7. The highest BCUT2D eigenvalue weighted by Gasteiger charge is 2.48. The molecule has 2 atom stereocenters. The lowest BCUT2D eigenvalue weighted by atomic mass is 9.84. The van der Waals surface area contributed by atoms with Gasteiger partial charge in [0, 0.05) is 12.2 Å². The van der Waals surface area contributed by atoms with E-state index in [4.69, 9.17) is 4.52 Å². The van der Waals surface area contributed by atoms with Gasteiger partial charge in [0.05, 0.1) is 29.9 Å². The molecule has 36 heavy (non-hydrogen) atoms. The van der Waals surface area contributed by atoms with Gasteiger partial charge in [-0.15, -0.1) is 0 Å². The largest absolute Gasteiger partial charge is 0.509 e. The first-order valence-corrected chi connectivity index (χ1v) is 15.3. The summed E-state index contributed by atoms with van der Waals surface area (Å²) in [6.07, 6.45) is 1.74. The molecule has 0 saturated heterocycles. The number of anilines is 2. The van der Waals surface area contributed by atoms with Crippen LogP contribution in [0.1, 0.15) is 54.9 Å². The number of nitrogens with zero attached hydrogens (tertiary/aromatic N) is 2. The van der Waals surface area contributed by atoms with Gasteiger partial charge in [-0.25, -0.2) is 8.42 Å². The van der Waals surface area contributed by atoms with Gasteiger partial charge in [0.2, 0.25) is 10.0 Å². The molecule has 3 rings (SSSR count). The van der Waals surface area contributed by atoms with Crippen molar-refractivity contribution in [3.05, 3.63) is 29.5 Å². The maximum Gasteiger partial charge on any atom is 0.348 e. The van der Waals surface area contributed by atoms with Crippen molar-refractivity contribution in [3.8, 4) is 0 Å². The van der Waals surface area contributed by atoms with Crippen LogP contribution in [0.3, 0.4) is 0 Å². The van der Waals surface area contributed by atoms with Crippen molar-refractivity contribution in [2.45, 2.75) is 60.9 Å². The zero-order valence-electron chi connectivity index (χ0n) is 22.2. The van der Waals surface area contributed by atoms with Crippen LogP contribution in [0.2, 0.25) is 0 Å². The molecule has 1 aromatic rings. The van der Waals surface area contributed by atoms with Crippen LogP contribution in [0.15, 0.2) is 34.3 Å². The minimum atomic E-state index is -3.90. The van der Waals surface area contributed by atoms with E-state index < -0.39 is 34.9 Å². The van der Waals surface area contributed by atoms with Gasteiger partial charge < -0.3 is 19.8 Å². The molecule has 0 aliphatic carbocycles. The zero-order chi connectivity index (χ0) is 27.3. The maximum atomic E-state index is 13.9. The molecule has 2 aliphatic heterocycles. The fourth-order valence-electron chi connectivity index (χ4n) is 4.31. The highest BCUT2D eigenvalue weighted by atomic mass is 32.2. The zero-order valence-corrected chi connectivity index (χ0v) is 23.9. The number of hydrogen-bond donors (Lipinski definition) is 3. The van der Waals surface area contributed by atoms with Crippen LogP contribution in [0.5, 0.6) is 0 Å². The van der Waals surface area contributed by atoms with Gasteiger partial charge in [0.25, 0.3) is 5.91 Å². The van der Waals surface area contributed by atoms with Gasteiger partial charge in [-0.2, -0.15) is 4.76 Å². The fraction of sp³-hybridized carbons (Fsp3) is 0.583. The number of amides is 1. The first-order chi connectivity index (χ1) is 16.4. The molecule has 0 fully saturated rings. The Bertz CT molecular complexity index is 1270. The lowest BCUT2D eigenvalue weighted by molar-refractivity contribution is -0.128. The summed E-state index contributed by atoms with van der Waals surface area (Å²) >= 11 is 0. The number of sulfonamides is 1. The van der Waals surface area contributed by atoms with E-state index >= 15 is 0 Å². The second kappa shape index (κ2) is 9.50. The molecule has 0 aromatic heterocycles. The van der Waals surface area contributed by atoms with Crippen LogP contribution in [-0.4, -0.2) is 55.6 Å². The van der Waals surface area contributed by atoms with Crippen LogP contribution in [-0.2, 0) is 23.9 Å². The number of rotatable bonds is 7. The van der Waals surface area contributed by atoms with E-state index in [9.17, 15) is 22.9 Å². The molecular formula is C24H37N4O6PS. The Morgan fingerprint density at radius 1 is 1.22 bits per heavy atom. The van der Waals surface area contributed by atoms with Gasteiger partial charge >= 0.3 is 7.52 Å². The third-order valence-corrected chi connectivity index (χ3v) is 8.51. The normalized spacial score (nSPS) is 22.9. The van der Waals surface area contributed by atoms with Crippen LogP contribution in [0.25, 0.3) is 0 Å². The number of carbonyl (C=O) groups is 1. The lowest BCUT2D eigenvalue weighted by Gasteiger charge is -2.36. The number of aliphatic hydroxyl groups excluding tert-OH is 1. The number of carbonyl (C=O) groups excluding carboxylic acids is 1. The highest BCUT2D eigenvalue weighted by molar-refractivity contribution is 7.92. The molecule has 0 saturated carbocycles. The first kappa shape index (κ1) is 28.2. The predicted molar refractivity (Wildman–Crippen MR) is 144 cm³/mol. The molecule has 0 unspecified atom stereocenters. The predicted octanol–water partition coefficient (Wildman–Crippen LogP) is 4.24. The molecule has 2 heterocycles. The molecule has 1 aromatic carbocycles. The summed E-state index contributed by atoms with van der Waals surface area (Å²) in [6, 6.07) is 3.86. The summed E-state index contributed by atoms with van der Waals surface area (Å²) in [4.78, 5) is 15.3. The lowest BCUT2D eigenvalue weighted by Crippen LogP contribution is -2.45. The monoisotopic (exact) mass is 540 g/mol. The Morgan fingerprint density at radius 3 is 2.39 bits per heavy atom. The van der Waals surface area contributed by atoms with Crippen molar-refractivity contribution in [1.82, 2.24) is 4.90 Å². The maximum absolute atomic E-state index is 13.9. The minimum Gasteiger partial charge on any atom is -0.509 e. The Hall–Kier alpha value is -2.36. The van der Waals surface area contributed by atoms with Crippen molar-refractivity contribution in [2.75, 3.05) is 29.4 Å². The molecule has 0 bridgehead atoms. The Balaban J connectivity index is 2.10. The molecule has 2 aliphatic rings. The summed E-state index contributed by atoms with van der Waals surface area (Å²) in [5.74, 6) is -0.558. The minimum absolute atomic E-state index is 0.0248. The topological polar surface area (TPSA) is 137 Å². The van der Waals surface area contributed by atoms with E-state index in [0.29, 0.717) is 12.2 Å². The Morgan fingerprint density at radius 2 is 1.86 bits per heavy atom. The van der Waals surface area contributed by atoms with E-state index in [1.807, 2.05) is 20.8 Å². The van der Waals surface area contributed by atoms with Crippen molar-refractivity contribution >= 4 is 46.0 Å². The number of benzene rings is 1. The fourth-order valence-corrected chi connectivity index (χ4v) is 6.67. The molecule has 12 heteroatoms. The van der Waals surface area contributed by atoms with Crippen molar-refractivity contribution in [1.29, 1.82) is 0 Å². The summed E-state index contributed by atoms with van der Waals surface area (Å²) in [7, 11) is -7.47.